The quantitative estimate of drug-likeness (QED) is 0.726. The molecule has 0 spiro atoms. The lowest BCUT2D eigenvalue weighted by molar-refractivity contribution is -0.142. The van der Waals surface area contributed by atoms with Gasteiger partial charge in [0, 0.05) is 19.6 Å². The fourth-order valence-electron chi connectivity index (χ4n) is 2.38. The van der Waals surface area contributed by atoms with Crippen LogP contribution in [0.25, 0.3) is 0 Å². The molecule has 0 radical (unpaired) electrons. The van der Waals surface area contributed by atoms with Crippen molar-refractivity contribution in [2.75, 3.05) is 19.6 Å². The molecule has 0 bridgehead atoms. The molecule has 0 aromatic rings. The zero-order chi connectivity index (χ0) is 15.3. The van der Waals surface area contributed by atoms with Crippen molar-refractivity contribution in [1.82, 2.24) is 10.2 Å². The van der Waals surface area contributed by atoms with Crippen LogP contribution in [0.1, 0.15) is 40.0 Å². The summed E-state index contributed by atoms with van der Waals surface area (Å²) in [5, 5.41) is 21.3. The Hall–Kier alpha value is -1.30. The number of piperidine rings is 1. The van der Waals surface area contributed by atoms with Crippen LogP contribution in [0.4, 0.5) is 4.79 Å². The summed E-state index contributed by atoms with van der Waals surface area (Å²) >= 11 is 0. The van der Waals surface area contributed by atoms with Crippen LogP contribution in [0.3, 0.4) is 0 Å². The number of aliphatic hydroxyl groups is 1. The normalized spacial score (nSPS) is 18.7. The molecule has 116 valence electrons. The van der Waals surface area contributed by atoms with Crippen molar-refractivity contribution < 1.29 is 19.8 Å². The van der Waals surface area contributed by atoms with Gasteiger partial charge in [-0.25, -0.2) is 4.79 Å². The van der Waals surface area contributed by atoms with Crippen molar-refractivity contribution in [3.63, 3.8) is 0 Å². The average molecular weight is 286 g/mol. The number of aliphatic hydroxyl groups excluding tert-OH is 1. The Morgan fingerprint density at radius 2 is 1.85 bits per heavy atom. The van der Waals surface area contributed by atoms with Crippen LogP contribution in [-0.2, 0) is 4.79 Å². The highest BCUT2D eigenvalue weighted by Gasteiger charge is 2.26. The first-order valence-electron chi connectivity index (χ1n) is 7.12. The number of nitrogens with zero attached hydrogens (tertiary/aromatic N) is 1. The lowest BCUT2D eigenvalue weighted by atomic mass is 9.84. The molecule has 1 aliphatic rings. The van der Waals surface area contributed by atoms with Crippen molar-refractivity contribution in [2.24, 2.45) is 11.3 Å². The average Bonchev–Trinajstić information content (AvgIpc) is 2.33. The second-order valence-corrected chi connectivity index (χ2v) is 6.70. The predicted octanol–water partition coefficient (Wildman–Crippen LogP) is 1.29. The fraction of sp³-hybridized carbons (Fsp3) is 0.857. The van der Waals surface area contributed by atoms with Gasteiger partial charge in [-0.3, -0.25) is 4.79 Å². The van der Waals surface area contributed by atoms with E-state index in [4.69, 9.17) is 0 Å². The van der Waals surface area contributed by atoms with Crippen molar-refractivity contribution in [1.29, 1.82) is 0 Å². The van der Waals surface area contributed by atoms with E-state index in [1.54, 1.807) is 4.90 Å². The molecule has 1 heterocycles. The van der Waals surface area contributed by atoms with Crippen molar-refractivity contribution in [2.45, 2.75) is 46.1 Å². The number of likely N-dealkylation sites (tertiary alicyclic amines) is 1. The van der Waals surface area contributed by atoms with E-state index in [9.17, 15) is 19.8 Å². The maximum Gasteiger partial charge on any atom is 0.317 e. The monoisotopic (exact) mass is 286 g/mol. The molecule has 3 N–H and O–H groups in total. The molecule has 1 fully saturated rings. The molecule has 6 heteroatoms. The van der Waals surface area contributed by atoms with Crippen LogP contribution in [0, 0.1) is 11.3 Å². The molecule has 1 aliphatic heterocycles. The smallest absolute Gasteiger partial charge is 0.317 e. The van der Waals surface area contributed by atoms with Gasteiger partial charge in [0.1, 0.15) is 0 Å². The number of hydrogen-bond donors (Lipinski definition) is 3. The Balaban J connectivity index is 2.43. The number of amides is 2. The summed E-state index contributed by atoms with van der Waals surface area (Å²) in [7, 11) is 0. The summed E-state index contributed by atoms with van der Waals surface area (Å²) in [6, 6.07) is -0.239. The Kier molecular flexibility index (Phi) is 5.80. The van der Waals surface area contributed by atoms with E-state index in [1.807, 2.05) is 20.8 Å². The molecular formula is C14H26N2O4. The molecule has 1 unspecified atom stereocenters. The van der Waals surface area contributed by atoms with Crippen LogP contribution in [0.5, 0.6) is 0 Å². The van der Waals surface area contributed by atoms with Crippen LogP contribution in [0.2, 0.25) is 0 Å². The minimum absolute atomic E-state index is 0.0942. The third-order valence-corrected chi connectivity index (χ3v) is 3.46. The van der Waals surface area contributed by atoms with Gasteiger partial charge in [0.25, 0.3) is 0 Å². The van der Waals surface area contributed by atoms with E-state index >= 15 is 0 Å². The number of rotatable bonds is 4. The molecule has 0 aromatic carbocycles. The zero-order valence-electron chi connectivity index (χ0n) is 12.6. The zero-order valence-corrected chi connectivity index (χ0v) is 12.6. The Morgan fingerprint density at radius 3 is 2.30 bits per heavy atom. The summed E-state index contributed by atoms with van der Waals surface area (Å²) in [6.07, 6.45) is 1.35. The summed E-state index contributed by atoms with van der Waals surface area (Å²) in [6.45, 7) is 7.13. The molecular weight excluding hydrogens is 260 g/mol. The number of aliphatic carboxylic acids is 1. The topological polar surface area (TPSA) is 89.9 Å². The third kappa shape index (κ3) is 5.77. The highest BCUT2D eigenvalue weighted by atomic mass is 16.4. The van der Waals surface area contributed by atoms with Gasteiger partial charge in [0.2, 0.25) is 0 Å². The van der Waals surface area contributed by atoms with Gasteiger partial charge in [0.05, 0.1) is 12.0 Å². The maximum absolute atomic E-state index is 11.9. The Bertz CT molecular complexity index is 344. The number of carbonyl (C=O) groups is 2. The third-order valence-electron chi connectivity index (χ3n) is 3.46. The predicted molar refractivity (Wildman–Crippen MR) is 75.4 cm³/mol. The van der Waals surface area contributed by atoms with E-state index in [0.29, 0.717) is 32.4 Å². The molecule has 6 nitrogen and oxygen atoms in total. The Morgan fingerprint density at radius 1 is 1.30 bits per heavy atom. The Labute approximate surface area is 120 Å². The molecule has 1 saturated heterocycles. The summed E-state index contributed by atoms with van der Waals surface area (Å²) in [4.78, 5) is 24.8. The first-order valence-corrected chi connectivity index (χ1v) is 7.12. The summed E-state index contributed by atoms with van der Waals surface area (Å²) in [5.74, 6) is -1.45. The fourth-order valence-corrected chi connectivity index (χ4v) is 2.38. The van der Waals surface area contributed by atoms with Gasteiger partial charge in [-0.15, -0.1) is 0 Å². The van der Waals surface area contributed by atoms with Gasteiger partial charge in [-0.1, -0.05) is 20.8 Å². The number of hydrogen-bond acceptors (Lipinski definition) is 3. The molecule has 0 aromatic heterocycles. The van der Waals surface area contributed by atoms with Gasteiger partial charge in [0.15, 0.2) is 0 Å². The molecule has 1 rings (SSSR count). The molecule has 2 amide bonds. The number of carboxylic acid groups (broad SMARTS) is 1. The molecule has 20 heavy (non-hydrogen) atoms. The lowest BCUT2D eigenvalue weighted by Gasteiger charge is -2.30. The summed E-state index contributed by atoms with van der Waals surface area (Å²) < 4.78 is 0. The highest BCUT2D eigenvalue weighted by molar-refractivity contribution is 5.76. The van der Waals surface area contributed by atoms with Gasteiger partial charge < -0.3 is 20.4 Å². The number of carbonyl (C=O) groups excluding carboxylic acids is 1. The number of carboxylic acids is 1. The first kappa shape index (κ1) is 16.8. The molecule has 0 aliphatic carbocycles. The van der Waals surface area contributed by atoms with E-state index in [2.05, 4.69) is 5.32 Å². The van der Waals surface area contributed by atoms with E-state index in [1.165, 1.54) is 0 Å². The minimum atomic E-state index is -0.880. The molecule has 1 atom stereocenters. The number of nitrogens with one attached hydrogen (secondary N) is 1. The summed E-state index contributed by atoms with van der Waals surface area (Å²) in [5.41, 5.74) is -0.0942. The van der Waals surface area contributed by atoms with Gasteiger partial charge in [-0.2, -0.15) is 0 Å². The van der Waals surface area contributed by atoms with Crippen LogP contribution in [0.15, 0.2) is 0 Å². The lowest BCUT2D eigenvalue weighted by Crippen LogP contribution is -2.47. The SMILES string of the molecule is CC(C)(C)CC(CNC(=O)N1CCC(O)CC1)C(=O)O. The van der Waals surface area contributed by atoms with Gasteiger partial charge in [-0.05, 0) is 24.7 Å². The highest BCUT2D eigenvalue weighted by Crippen LogP contribution is 2.24. The van der Waals surface area contributed by atoms with Gasteiger partial charge >= 0.3 is 12.0 Å². The van der Waals surface area contributed by atoms with E-state index in [-0.39, 0.29) is 24.1 Å². The van der Waals surface area contributed by atoms with Crippen molar-refractivity contribution in [3.05, 3.63) is 0 Å². The maximum atomic E-state index is 11.9. The second kappa shape index (κ2) is 6.92. The van der Waals surface area contributed by atoms with Crippen LogP contribution in [-0.4, -0.2) is 52.9 Å². The minimum Gasteiger partial charge on any atom is -0.481 e. The van der Waals surface area contributed by atoms with E-state index in [0.717, 1.165) is 0 Å². The van der Waals surface area contributed by atoms with Crippen molar-refractivity contribution >= 4 is 12.0 Å². The van der Waals surface area contributed by atoms with Crippen LogP contribution < -0.4 is 5.32 Å². The second-order valence-electron chi connectivity index (χ2n) is 6.70. The number of urea groups is 1. The standard InChI is InChI=1S/C14H26N2O4/c1-14(2,3)8-10(12(18)19)9-15-13(20)16-6-4-11(17)5-7-16/h10-11,17H,4-9H2,1-3H3,(H,15,20)(H,18,19). The van der Waals surface area contributed by atoms with Crippen molar-refractivity contribution in [3.8, 4) is 0 Å². The first-order chi connectivity index (χ1) is 9.19. The molecule has 0 saturated carbocycles. The van der Waals surface area contributed by atoms with E-state index < -0.39 is 11.9 Å². The van der Waals surface area contributed by atoms with Crippen LogP contribution >= 0.6 is 0 Å². The largest absolute Gasteiger partial charge is 0.481 e.